The average Bonchev–Trinajstić information content (AvgIpc) is 2.13. The molecule has 4 nitrogen and oxygen atoms in total. The van der Waals surface area contributed by atoms with Crippen molar-refractivity contribution < 1.29 is 31.5 Å². The Morgan fingerprint density at radius 2 is 2.00 bits per heavy atom. The van der Waals surface area contributed by atoms with Crippen LogP contribution in [0.4, 0.5) is 27.8 Å². The highest BCUT2D eigenvalue weighted by molar-refractivity contribution is 5.84. The molecular formula is C8H5F5N2O2. The van der Waals surface area contributed by atoms with Crippen LogP contribution >= 0.6 is 0 Å². The van der Waals surface area contributed by atoms with Crippen molar-refractivity contribution in [3.05, 3.63) is 17.2 Å². The van der Waals surface area contributed by atoms with Gasteiger partial charge >= 0.3 is 6.36 Å². The van der Waals surface area contributed by atoms with Crippen LogP contribution in [0.25, 0.3) is 0 Å². The number of rotatable bonds is 3. The highest BCUT2D eigenvalue weighted by atomic mass is 19.4. The third-order valence-electron chi connectivity index (χ3n) is 1.67. The first-order valence-electron chi connectivity index (χ1n) is 4.04. The van der Waals surface area contributed by atoms with E-state index in [0.717, 1.165) is 0 Å². The number of halogens is 5. The Bertz CT molecular complexity index is 433. The van der Waals surface area contributed by atoms with Crippen LogP contribution in [0.3, 0.4) is 0 Å². The smallest absolute Gasteiger partial charge is 0.388 e. The minimum Gasteiger partial charge on any atom is -0.388 e. The fourth-order valence-corrected chi connectivity index (χ4v) is 1.05. The zero-order valence-corrected chi connectivity index (χ0v) is 7.96. The zero-order chi connectivity index (χ0) is 13.2. The first-order chi connectivity index (χ1) is 7.74. The highest BCUT2D eigenvalue weighted by Crippen LogP contribution is 2.30. The number of aldehydes is 1. The van der Waals surface area contributed by atoms with Crippen LogP contribution in [0.15, 0.2) is 6.07 Å². The number of nitrogens with two attached hydrogens (primary N) is 1. The Hall–Kier alpha value is -1.93. The lowest BCUT2D eigenvalue weighted by Crippen LogP contribution is -2.19. The second kappa shape index (κ2) is 4.52. The van der Waals surface area contributed by atoms with Crippen molar-refractivity contribution >= 4 is 12.1 Å². The van der Waals surface area contributed by atoms with Crippen LogP contribution < -0.4 is 10.5 Å². The van der Waals surface area contributed by atoms with E-state index >= 15 is 0 Å². The van der Waals surface area contributed by atoms with Crippen LogP contribution in [0, 0.1) is 0 Å². The first kappa shape index (κ1) is 13.1. The lowest BCUT2D eigenvalue weighted by molar-refractivity contribution is -0.276. The third-order valence-corrected chi connectivity index (χ3v) is 1.67. The lowest BCUT2D eigenvalue weighted by Gasteiger charge is -2.11. The predicted octanol–water partition coefficient (Wildman–Crippen LogP) is 2.31. The van der Waals surface area contributed by atoms with E-state index in [1.54, 1.807) is 0 Å². The molecule has 0 saturated heterocycles. The van der Waals surface area contributed by atoms with Gasteiger partial charge in [-0.25, -0.2) is 8.78 Å². The molecule has 1 aromatic rings. The zero-order valence-electron chi connectivity index (χ0n) is 7.96. The Kier molecular flexibility index (Phi) is 3.49. The van der Waals surface area contributed by atoms with Gasteiger partial charge < -0.3 is 10.5 Å². The van der Waals surface area contributed by atoms with Gasteiger partial charge in [-0.15, -0.1) is 13.2 Å². The van der Waals surface area contributed by atoms with Gasteiger partial charge in [-0.05, 0) is 0 Å². The topological polar surface area (TPSA) is 65.2 Å². The monoisotopic (exact) mass is 256 g/mol. The van der Waals surface area contributed by atoms with Crippen LogP contribution in [-0.4, -0.2) is 17.6 Å². The molecule has 0 fully saturated rings. The molecule has 9 heteroatoms. The fourth-order valence-electron chi connectivity index (χ4n) is 1.05. The summed E-state index contributed by atoms with van der Waals surface area (Å²) in [6.45, 7) is 0. The van der Waals surface area contributed by atoms with Crippen molar-refractivity contribution in [2.75, 3.05) is 5.73 Å². The van der Waals surface area contributed by atoms with Gasteiger partial charge in [0.2, 0.25) is 5.88 Å². The van der Waals surface area contributed by atoms with Gasteiger partial charge in [-0.3, -0.25) is 4.79 Å². The standard InChI is InChI=1S/C8H5F5N2O2/c9-6(10)3-1-5(17-8(11,12)13)15-7(14)4(3)2-16/h1-2,6H,(H2,14,15). The maximum Gasteiger partial charge on any atom is 0.574 e. The van der Waals surface area contributed by atoms with E-state index in [2.05, 4.69) is 9.72 Å². The fraction of sp³-hybridized carbons (Fsp3) is 0.250. The largest absolute Gasteiger partial charge is 0.574 e. The number of nitrogen functional groups attached to an aromatic ring is 1. The van der Waals surface area contributed by atoms with Crippen LogP contribution in [0.5, 0.6) is 5.88 Å². The van der Waals surface area contributed by atoms with E-state index in [0.29, 0.717) is 6.07 Å². The quantitative estimate of drug-likeness (QED) is 0.665. The number of ether oxygens (including phenoxy) is 1. The van der Waals surface area contributed by atoms with Crippen molar-refractivity contribution in [3.63, 3.8) is 0 Å². The molecule has 0 unspecified atom stereocenters. The van der Waals surface area contributed by atoms with Crippen molar-refractivity contribution in [1.29, 1.82) is 0 Å². The molecule has 0 amide bonds. The Balaban J connectivity index is 3.24. The summed E-state index contributed by atoms with van der Waals surface area (Å²) in [7, 11) is 0. The van der Waals surface area contributed by atoms with E-state index in [9.17, 15) is 26.7 Å². The average molecular weight is 256 g/mol. The number of pyridine rings is 1. The normalized spacial score (nSPS) is 11.6. The SMILES string of the molecule is Nc1nc(OC(F)(F)F)cc(C(F)F)c1C=O. The number of nitrogens with zero attached hydrogens (tertiary/aromatic N) is 1. The number of anilines is 1. The van der Waals surface area contributed by atoms with E-state index in [1.165, 1.54) is 0 Å². The molecule has 2 N–H and O–H groups in total. The maximum absolute atomic E-state index is 12.4. The summed E-state index contributed by atoms with van der Waals surface area (Å²) in [5, 5.41) is 0. The van der Waals surface area contributed by atoms with Gasteiger partial charge in [0, 0.05) is 11.6 Å². The molecule has 0 atom stereocenters. The molecule has 0 aliphatic carbocycles. The number of hydrogen-bond donors (Lipinski definition) is 1. The Morgan fingerprint density at radius 3 is 2.41 bits per heavy atom. The van der Waals surface area contributed by atoms with E-state index in [-0.39, 0.29) is 6.29 Å². The molecule has 0 aliphatic rings. The summed E-state index contributed by atoms with van der Waals surface area (Å²) in [5.74, 6) is -1.90. The molecule has 17 heavy (non-hydrogen) atoms. The molecule has 0 spiro atoms. The van der Waals surface area contributed by atoms with Gasteiger partial charge in [0.05, 0.1) is 5.56 Å². The molecule has 0 bridgehead atoms. The Labute approximate surface area is 91.2 Å². The van der Waals surface area contributed by atoms with E-state index < -0.39 is 35.6 Å². The summed E-state index contributed by atoms with van der Waals surface area (Å²) in [5.41, 5.74) is 3.44. The molecule has 0 radical (unpaired) electrons. The molecule has 1 rings (SSSR count). The minimum atomic E-state index is -5.08. The summed E-state index contributed by atoms with van der Waals surface area (Å²) >= 11 is 0. The number of alkyl halides is 5. The maximum atomic E-state index is 12.4. The number of carbonyl (C=O) groups excluding carboxylic acids is 1. The molecular weight excluding hydrogens is 251 g/mol. The van der Waals surface area contributed by atoms with Crippen LogP contribution in [0.2, 0.25) is 0 Å². The highest BCUT2D eigenvalue weighted by Gasteiger charge is 2.33. The van der Waals surface area contributed by atoms with Crippen LogP contribution in [0.1, 0.15) is 22.3 Å². The van der Waals surface area contributed by atoms with E-state index in [4.69, 9.17) is 5.73 Å². The van der Waals surface area contributed by atoms with Crippen molar-refractivity contribution in [2.24, 2.45) is 0 Å². The molecule has 0 aromatic carbocycles. The second-order valence-electron chi connectivity index (χ2n) is 2.81. The van der Waals surface area contributed by atoms with Gasteiger partial charge in [0.1, 0.15) is 5.82 Å². The third kappa shape index (κ3) is 3.26. The van der Waals surface area contributed by atoms with Gasteiger partial charge in [0.25, 0.3) is 6.43 Å². The summed E-state index contributed by atoms with van der Waals surface area (Å²) in [6.07, 6.45) is -8.26. The second-order valence-corrected chi connectivity index (χ2v) is 2.81. The van der Waals surface area contributed by atoms with Crippen molar-refractivity contribution in [2.45, 2.75) is 12.8 Å². The van der Waals surface area contributed by atoms with Crippen molar-refractivity contribution in [3.8, 4) is 5.88 Å². The first-order valence-corrected chi connectivity index (χ1v) is 4.04. The number of carbonyl (C=O) groups is 1. The van der Waals surface area contributed by atoms with Crippen molar-refractivity contribution in [1.82, 2.24) is 4.98 Å². The van der Waals surface area contributed by atoms with Crippen LogP contribution in [-0.2, 0) is 0 Å². The summed E-state index contributed by atoms with van der Waals surface area (Å²) < 4.78 is 63.7. The van der Waals surface area contributed by atoms with Gasteiger partial charge in [-0.2, -0.15) is 4.98 Å². The number of hydrogen-bond acceptors (Lipinski definition) is 4. The minimum absolute atomic E-state index is 0.0127. The summed E-state index contributed by atoms with van der Waals surface area (Å²) in [6, 6.07) is 0.318. The predicted molar refractivity (Wildman–Crippen MR) is 45.7 cm³/mol. The molecule has 0 aliphatic heterocycles. The molecule has 1 aromatic heterocycles. The van der Waals surface area contributed by atoms with Gasteiger partial charge in [-0.1, -0.05) is 0 Å². The number of aromatic nitrogens is 1. The molecule has 94 valence electrons. The Morgan fingerprint density at radius 1 is 1.41 bits per heavy atom. The van der Waals surface area contributed by atoms with E-state index in [1.807, 2.05) is 0 Å². The summed E-state index contributed by atoms with van der Waals surface area (Å²) in [4.78, 5) is 13.5. The molecule has 1 heterocycles. The molecule has 0 saturated carbocycles. The lowest BCUT2D eigenvalue weighted by atomic mass is 10.1. The van der Waals surface area contributed by atoms with Gasteiger partial charge in [0.15, 0.2) is 6.29 Å².